The van der Waals surface area contributed by atoms with Crippen molar-refractivity contribution in [2.75, 3.05) is 24.6 Å². The lowest BCUT2D eigenvalue weighted by atomic mass is 9.97. The van der Waals surface area contributed by atoms with Gasteiger partial charge in [0.2, 0.25) is 5.88 Å². The Morgan fingerprint density at radius 3 is 2.76 bits per heavy atom. The number of piperidine rings is 1. The van der Waals surface area contributed by atoms with Gasteiger partial charge in [-0.3, -0.25) is 0 Å². The van der Waals surface area contributed by atoms with Gasteiger partial charge in [0, 0.05) is 30.5 Å². The lowest BCUT2D eigenvalue weighted by Crippen LogP contribution is -2.36. The molecule has 3 aromatic rings. The van der Waals surface area contributed by atoms with Crippen molar-refractivity contribution in [3.8, 4) is 5.88 Å². The molecule has 0 unspecified atom stereocenters. The number of hydrogen-bond donors (Lipinski definition) is 1. The number of nitrogens with zero attached hydrogens (tertiary/aromatic N) is 5. The van der Waals surface area contributed by atoms with Crippen molar-refractivity contribution in [1.82, 2.24) is 24.9 Å². The highest BCUT2D eigenvalue weighted by Gasteiger charge is 2.22. The minimum atomic E-state index is 0.537. The van der Waals surface area contributed by atoms with E-state index >= 15 is 0 Å². The van der Waals surface area contributed by atoms with E-state index in [1.165, 1.54) is 0 Å². The van der Waals surface area contributed by atoms with Gasteiger partial charge in [-0.25, -0.2) is 19.9 Å². The smallest absolute Gasteiger partial charge is 0.219 e. The molecule has 1 aliphatic heterocycles. The van der Waals surface area contributed by atoms with Crippen molar-refractivity contribution in [2.45, 2.75) is 26.7 Å². The molecule has 7 nitrogen and oxygen atoms in total. The first kappa shape index (κ1) is 15.8. The van der Waals surface area contributed by atoms with Crippen LogP contribution in [0.4, 0.5) is 5.82 Å². The Kier molecular flexibility index (Phi) is 4.21. The minimum Gasteiger partial charge on any atom is -0.477 e. The van der Waals surface area contributed by atoms with Gasteiger partial charge >= 0.3 is 0 Å². The summed E-state index contributed by atoms with van der Waals surface area (Å²) in [5, 5.41) is 1.09. The average Bonchev–Trinajstić information content (AvgIpc) is 3.12. The maximum Gasteiger partial charge on any atom is 0.219 e. The standard InChI is InChI=1S/C18H22N6O/c1-12-13(2)20-10-23-18(12)25-9-14-4-7-24(8-5-14)17-15-3-6-19-16(15)21-11-22-17/h3,6,10-11,14H,4-5,7-9H2,1-2H3,(H,19,21,22). The van der Waals surface area contributed by atoms with Crippen molar-refractivity contribution >= 4 is 16.9 Å². The molecule has 4 rings (SSSR count). The lowest BCUT2D eigenvalue weighted by molar-refractivity contribution is 0.214. The summed E-state index contributed by atoms with van der Waals surface area (Å²) in [6.07, 6.45) is 7.27. The topological polar surface area (TPSA) is 79.8 Å². The second-order valence-electron chi connectivity index (χ2n) is 6.57. The van der Waals surface area contributed by atoms with Crippen LogP contribution in [-0.4, -0.2) is 44.6 Å². The molecule has 1 N–H and O–H groups in total. The van der Waals surface area contributed by atoms with Crippen LogP contribution in [0.25, 0.3) is 11.0 Å². The highest BCUT2D eigenvalue weighted by molar-refractivity contribution is 5.87. The Balaban J connectivity index is 1.37. The van der Waals surface area contributed by atoms with E-state index in [-0.39, 0.29) is 0 Å². The molecule has 0 aliphatic carbocycles. The van der Waals surface area contributed by atoms with Crippen LogP contribution in [0.15, 0.2) is 24.9 Å². The number of ether oxygens (including phenoxy) is 1. The number of anilines is 1. The normalized spacial score (nSPS) is 15.7. The van der Waals surface area contributed by atoms with Crippen molar-refractivity contribution in [2.24, 2.45) is 5.92 Å². The monoisotopic (exact) mass is 338 g/mol. The van der Waals surface area contributed by atoms with Crippen LogP contribution in [0.2, 0.25) is 0 Å². The second kappa shape index (κ2) is 6.66. The third kappa shape index (κ3) is 3.14. The number of aryl methyl sites for hydroxylation is 1. The molecule has 1 fully saturated rings. The molecule has 1 saturated heterocycles. The molecular weight excluding hydrogens is 316 g/mol. The number of rotatable bonds is 4. The van der Waals surface area contributed by atoms with Gasteiger partial charge in [0.1, 0.15) is 24.1 Å². The maximum atomic E-state index is 5.96. The summed E-state index contributed by atoms with van der Waals surface area (Å²) >= 11 is 0. The molecule has 0 radical (unpaired) electrons. The van der Waals surface area contributed by atoms with Crippen LogP contribution in [0.5, 0.6) is 5.88 Å². The summed E-state index contributed by atoms with van der Waals surface area (Å²) in [6, 6.07) is 2.04. The molecule has 0 saturated carbocycles. The van der Waals surface area contributed by atoms with Gasteiger partial charge in [-0.2, -0.15) is 0 Å². The number of aromatic amines is 1. The van der Waals surface area contributed by atoms with Crippen LogP contribution in [0.3, 0.4) is 0 Å². The third-order valence-corrected chi connectivity index (χ3v) is 4.99. The fourth-order valence-corrected chi connectivity index (χ4v) is 3.28. The molecule has 0 bridgehead atoms. The van der Waals surface area contributed by atoms with Gasteiger partial charge in [0.15, 0.2) is 0 Å². The summed E-state index contributed by atoms with van der Waals surface area (Å²) in [4.78, 5) is 22.7. The molecule has 7 heteroatoms. The summed E-state index contributed by atoms with van der Waals surface area (Å²) in [6.45, 7) is 6.64. The first-order chi connectivity index (χ1) is 12.2. The molecule has 3 aromatic heterocycles. The molecular formula is C18H22N6O. The zero-order chi connectivity index (χ0) is 17.2. The summed E-state index contributed by atoms with van der Waals surface area (Å²) in [5.74, 6) is 2.27. The van der Waals surface area contributed by atoms with E-state index in [0.717, 1.165) is 54.0 Å². The van der Waals surface area contributed by atoms with Crippen molar-refractivity contribution in [1.29, 1.82) is 0 Å². The molecule has 4 heterocycles. The van der Waals surface area contributed by atoms with Gasteiger partial charge < -0.3 is 14.6 Å². The maximum absolute atomic E-state index is 5.96. The Hall–Kier alpha value is -2.70. The quantitative estimate of drug-likeness (QED) is 0.788. The van der Waals surface area contributed by atoms with Crippen molar-refractivity contribution in [3.63, 3.8) is 0 Å². The number of fused-ring (bicyclic) bond motifs is 1. The fourth-order valence-electron chi connectivity index (χ4n) is 3.28. The number of nitrogens with one attached hydrogen (secondary N) is 1. The molecule has 25 heavy (non-hydrogen) atoms. The Labute approximate surface area is 146 Å². The van der Waals surface area contributed by atoms with E-state index in [0.29, 0.717) is 18.4 Å². The van der Waals surface area contributed by atoms with Crippen molar-refractivity contribution < 1.29 is 4.74 Å². The number of hydrogen-bond acceptors (Lipinski definition) is 6. The van der Waals surface area contributed by atoms with E-state index in [9.17, 15) is 0 Å². The van der Waals surface area contributed by atoms with Gasteiger partial charge in [-0.05, 0) is 38.7 Å². The molecule has 130 valence electrons. The van der Waals surface area contributed by atoms with Crippen molar-refractivity contribution in [3.05, 3.63) is 36.2 Å². The Morgan fingerprint density at radius 1 is 1.12 bits per heavy atom. The summed E-state index contributed by atoms with van der Waals surface area (Å²) in [7, 11) is 0. The van der Waals surface area contributed by atoms with Crippen LogP contribution >= 0.6 is 0 Å². The van der Waals surface area contributed by atoms with E-state index < -0.39 is 0 Å². The Morgan fingerprint density at radius 2 is 1.92 bits per heavy atom. The zero-order valence-corrected chi connectivity index (χ0v) is 14.6. The summed E-state index contributed by atoms with van der Waals surface area (Å²) < 4.78 is 5.96. The van der Waals surface area contributed by atoms with Gasteiger partial charge in [-0.15, -0.1) is 0 Å². The van der Waals surface area contributed by atoms with Gasteiger partial charge in [0.25, 0.3) is 0 Å². The SMILES string of the molecule is Cc1ncnc(OCC2CCN(c3ncnc4[nH]ccc34)CC2)c1C. The third-order valence-electron chi connectivity index (χ3n) is 4.99. The number of H-pyrrole nitrogens is 1. The lowest BCUT2D eigenvalue weighted by Gasteiger charge is -2.32. The van der Waals surface area contributed by atoms with Crippen LogP contribution in [-0.2, 0) is 0 Å². The molecule has 1 aliphatic rings. The average molecular weight is 338 g/mol. The largest absolute Gasteiger partial charge is 0.477 e. The van der Waals surface area contributed by atoms with Gasteiger partial charge in [0.05, 0.1) is 12.0 Å². The molecule has 0 spiro atoms. The first-order valence-corrected chi connectivity index (χ1v) is 8.66. The fraction of sp³-hybridized carbons (Fsp3) is 0.444. The second-order valence-corrected chi connectivity index (χ2v) is 6.57. The van der Waals surface area contributed by atoms with E-state index in [4.69, 9.17) is 4.74 Å². The molecule has 0 aromatic carbocycles. The van der Waals surface area contributed by atoms with Crippen LogP contribution in [0, 0.1) is 19.8 Å². The van der Waals surface area contributed by atoms with Gasteiger partial charge in [-0.1, -0.05) is 0 Å². The van der Waals surface area contributed by atoms with E-state index in [2.05, 4.69) is 29.8 Å². The molecule has 0 amide bonds. The van der Waals surface area contributed by atoms with Crippen LogP contribution < -0.4 is 9.64 Å². The number of aromatic nitrogens is 5. The van der Waals surface area contributed by atoms with Crippen LogP contribution in [0.1, 0.15) is 24.1 Å². The highest BCUT2D eigenvalue weighted by atomic mass is 16.5. The molecule has 0 atom stereocenters. The zero-order valence-electron chi connectivity index (χ0n) is 14.6. The first-order valence-electron chi connectivity index (χ1n) is 8.66. The van der Waals surface area contributed by atoms with E-state index in [1.807, 2.05) is 26.1 Å². The minimum absolute atomic E-state index is 0.537. The Bertz CT molecular complexity index is 869. The summed E-state index contributed by atoms with van der Waals surface area (Å²) in [5.41, 5.74) is 2.89. The highest BCUT2D eigenvalue weighted by Crippen LogP contribution is 2.27. The van der Waals surface area contributed by atoms with E-state index in [1.54, 1.807) is 12.7 Å². The predicted octanol–water partition coefficient (Wildman–Crippen LogP) is 2.66. The predicted molar refractivity (Wildman–Crippen MR) is 95.8 cm³/mol.